The number of nitrogen functional groups attached to an aromatic ring is 1. The third kappa shape index (κ3) is 6.57. The summed E-state index contributed by atoms with van der Waals surface area (Å²) in [5.74, 6) is -0.0526. The molecule has 0 fully saturated rings. The molecule has 0 aliphatic heterocycles. The van der Waals surface area contributed by atoms with Crippen molar-refractivity contribution in [3.8, 4) is 0 Å². The predicted molar refractivity (Wildman–Crippen MR) is 84.2 cm³/mol. The Kier molecular flexibility index (Phi) is 7.74. The van der Waals surface area contributed by atoms with Gasteiger partial charge in [-0.3, -0.25) is 9.69 Å². The minimum Gasteiger partial charge on any atom is -0.399 e. The highest BCUT2D eigenvalue weighted by atomic mass is 16.5. The minimum absolute atomic E-state index is 0.0526. The van der Waals surface area contributed by atoms with Crippen molar-refractivity contribution in [2.24, 2.45) is 0 Å². The molecule has 0 aliphatic carbocycles. The molecule has 0 atom stereocenters. The van der Waals surface area contributed by atoms with Crippen LogP contribution in [0.5, 0.6) is 0 Å². The summed E-state index contributed by atoms with van der Waals surface area (Å²) < 4.78 is 5.01. The van der Waals surface area contributed by atoms with Gasteiger partial charge in [-0.25, -0.2) is 0 Å². The van der Waals surface area contributed by atoms with Gasteiger partial charge in [0.2, 0.25) is 5.91 Å². The number of anilines is 2. The number of carbonyl (C=O) groups excluding carboxylic acids is 1. The lowest BCUT2D eigenvalue weighted by atomic mass is 10.2. The van der Waals surface area contributed by atoms with Crippen molar-refractivity contribution in [1.29, 1.82) is 0 Å². The average Bonchev–Trinajstić information content (AvgIpc) is 2.45. The number of hydrogen-bond donors (Lipinski definition) is 3. The van der Waals surface area contributed by atoms with E-state index in [4.69, 9.17) is 15.6 Å². The molecule has 21 heavy (non-hydrogen) atoms. The van der Waals surface area contributed by atoms with E-state index in [9.17, 15) is 4.79 Å². The molecule has 0 saturated heterocycles. The second kappa shape index (κ2) is 9.33. The number of nitrogens with two attached hydrogens (primary N) is 1. The van der Waals surface area contributed by atoms with Gasteiger partial charge in [0.1, 0.15) is 0 Å². The van der Waals surface area contributed by atoms with Gasteiger partial charge in [-0.1, -0.05) is 0 Å². The van der Waals surface area contributed by atoms with E-state index in [1.54, 1.807) is 19.2 Å². The fourth-order valence-corrected chi connectivity index (χ4v) is 2.00. The number of rotatable bonds is 9. The fourth-order valence-electron chi connectivity index (χ4n) is 2.00. The van der Waals surface area contributed by atoms with Crippen LogP contribution in [0.2, 0.25) is 0 Å². The Morgan fingerprint density at radius 3 is 2.76 bits per heavy atom. The number of methoxy groups -OCH3 is 1. The van der Waals surface area contributed by atoms with Crippen molar-refractivity contribution >= 4 is 17.3 Å². The van der Waals surface area contributed by atoms with Gasteiger partial charge in [0, 0.05) is 44.5 Å². The number of benzene rings is 1. The summed E-state index contributed by atoms with van der Waals surface area (Å²) in [5, 5.41) is 11.9. The Morgan fingerprint density at radius 2 is 2.14 bits per heavy atom. The first-order valence-electron chi connectivity index (χ1n) is 7.05. The normalized spacial score (nSPS) is 10.9. The summed E-state index contributed by atoms with van der Waals surface area (Å²) in [6, 6.07) is 5.39. The molecular weight excluding hydrogens is 270 g/mol. The third-order valence-electron chi connectivity index (χ3n) is 3.21. The van der Waals surface area contributed by atoms with Gasteiger partial charge in [0.25, 0.3) is 0 Å². The molecule has 1 rings (SSSR count). The molecule has 6 heteroatoms. The Hall–Kier alpha value is -1.63. The number of nitrogens with one attached hydrogen (secondary N) is 1. The van der Waals surface area contributed by atoms with Gasteiger partial charge in [-0.2, -0.15) is 0 Å². The van der Waals surface area contributed by atoms with Gasteiger partial charge in [-0.05, 0) is 30.7 Å². The van der Waals surface area contributed by atoms with Crippen molar-refractivity contribution in [1.82, 2.24) is 4.90 Å². The van der Waals surface area contributed by atoms with E-state index < -0.39 is 0 Å². The molecule has 118 valence electrons. The zero-order valence-corrected chi connectivity index (χ0v) is 12.8. The number of amides is 1. The van der Waals surface area contributed by atoms with Gasteiger partial charge in [-0.15, -0.1) is 0 Å². The van der Waals surface area contributed by atoms with Crippen LogP contribution in [0.1, 0.15) is 12.0 Å². The van der Waals surface area contributed by atoms with Crippen LogP contribution in [0, 0.1) is 6.92 Å². The fraction of sp³-hybridized carbons (Fsp3) is 0.533. The minimum atomic E-state index is -0.0526. The Balaban J connectivity index is 2.44. The molecule has 4 N–H and O–H groups in total. The van der Waals surface area contributed by atoms with E-state index in [2.05, 4.69) is 5.32 Å². The zero-order chi connectivity index (χ0) is 15.7. The molecule has 0 spiro atoms. The Morgan fingerprint density at radius 1 is 1.38 bits per heavy atom. The summed E-state index contributed by atoms with van der Waals surface area (Å²) in [5.41, 5.74) is 8.08. The largest absolute Gasteiger partial charge is 0.399 e. The summed E-state index contributed by atoms with van der Waals surface area (Å²) in [4.78, 5) is 14.0. The van der Waals surface area contributed by atoms with Gasteiger partial charge in [0.05, 0.1) is 13.2 Å². The maximum atomic E-state index is 12.0. The van der Waals surface area contributed by atoms with Crippen LogP contribution in [0.25, 0.3) is 0 Å². The Bertz CT molecular complexity index is 452. The van der Waals surface area contributed by atoms with Crippen molar-refractivity contribution < 1.29 is 14.6 Å². The molecule has 0 heterocycles. The molecule has 1 amide bonds. The van der Waals surface area contributed by atoms with Crippen LogP contribution in [0.4, 0.5) is 11.4 Å². The summed E-state index contributed by atoms with van der Waals surface area (Å²) in [6.07, 6.45) is 0.369. The van der Waals surface area contributed by atoms with E-state index in [0.29, 0.717) is 38.3 Å². The number of ether oxygens (including phenoxy) is 1. The Labute approximate surface area is 125 Å². The number of aliphatic hydroxyl groups excluding tert-OH is 1. The molecule has 0 aromatic heterocycles. The molecule has 0 bridgehead atoms. The van der Waals surface area contributed by atoms with Gasteiger partial charge in [0.15, 0.2) is 0 Å². The standard InChI is InChI=1S/C15H25N3O3/c1-12-11-13(16)3-4-14(12)17-15(20)5-6-18(7-9-19)8-10-21-2/h3-4,11,19H,5-10,16H2,1-2H3,(H,17,20). The highest BCUT2D eigenvalue weighted by molar-refractivity contribution is 5.91. The highest BCUT2D eigenvalue weighted by Gasteiger charge is 2.09. The van der Waals surface area contributed by atoms with Crippen LogP contribution >= 0.6 is 0 Å². The number of aryl methyl sites for hydroxylation is 1. The second-order valence-corrected chi connectivity index (χ2v) is 4.93. The first kappa shape index (κ1) is 17.4. The number of carbonyl (C=O) groups is 1. The van der Waals surface area contributed by atoms with Gasteiger partial charge >= 0.3 is 0 Å². The molecule has 6 nitrogen and oxygen atoms in total. The van der Waals surface area contributed by atoms with Crippen LogP contribution in [0.15, 0.2) is 18.2 Å². The molecule has 0 unspecified atom stereocenters. The molecule has 0 aliphatic rings. The van der Waals surface area contributed by atoms with E-state index in [0.717, 1.165) is 11.3 Å². The highest BCUT2D eigenvalue weighted by Crippen LogP contribution is 2.17. The van der Waals surface area contributed by atoms with Crippen molar-refractivity contribution in [3.05, 3.63) is 23.8 Å². The molecular formula is C15H25N3O3. The van der Waals surface area contributed by atoms with Gasteiger partial charge < -0.3 is 20.9 Å². The monoisotopic (exact) mass is 295 g/mol. The van der Waals surface area contributed by atoms with E-state index in [-0.39, 0.29) is 12.5 Å². The molecule has 0 radical (unpaired) electrons. The summed E-state index contributed by atoms with van der Waals surface area (Å²) >= 11 is 0. The van der Waals surface area contributed by atoms with Crippen molar-refractivity contribution in [3.63, 3.8) is 0 Å². The SMILES string of the molecule is COCCN(CCO)CCC(=O)Nc1ccc(N)cc1C. The lowest BCUT2D eigenvalue weighted by Gasteiger charge is -2.20. The van der Waals surface area contributed by atoms with Crippen LogP contribution in [0.3, 0.4) is 0 Å². The predicted octanol–water partition coefficient (Wildman–Crippen LogP) is 0.847. The maximum Gasteiger partial charge on any atom is 0.225 e. The first-order valence-corrected chi connectivity index (χ1v) is 7.05. The number of hydrogen-bond acceptors (Lipinski definition) is 5. The summed E-state index contributed by atoms with van der Waals surface area (Å²) in [6.45, 7) is 4.39. The number of nitrogens with zero attached hydrogens (tertiary/aromatic N) is 1. The van der Waals surface area contributed by atoms with Crippen molar-refractivity contribution in [2.75, 3.05) is 51.0 Å². The van der Waals surface area contributed by atoms with Crippen LogP contribution < -0.4 is 11.1 Å². The second-order valence-electron chi connectivity index (χ2n) is 4.93. The van der Waals surface area contributed by atoms with Crippen LogP contribution in [-0.2, 0) is 9.53 Å². The topological polar surface area (TPSA) is 87.8 Å². The van der Waals surface area contributed by atoms with Crippen LogP contribution in [-0.4, -0.2) is 55.9 Å². The average molecular weight is 295 g/mol. The molecule has 0 saturated carbocycles. The smallest absolute Gasteiger partial charge is 0.225 e. The van der Waals surface area contributed by atoms with E-state index in [1.165, 1.54) is 0 Å². The number of aliphatic hydroxyl groups is 1. The quantitative estimate of drug-likeness (QED) is 0.588. The third-order valence-corrected chi connectivity index (χ3v) is 3.21. The van der Waals surface area contributed by atoms with E-state index >= 15 is 0 Å². The molecule has 1 aromatic carbocycles. The maximum absolute atomic E-state index is 12.0. The lowest BCUT2D eigenvalue weighted by molar-refractivity contribution is -0.116. The first-order chi connectivity index (χ1) is 10.1. The zero-order valence-electron chi connectivity index (χ0n) is 12.8. The van der Waals surface area contributed by atoms with Crippen molar-refractivity contribution in [2.45, 2.75) is 13.3 Å². The summed E-state index contributed by atoms with van der Waals surface area (Å²) in [7, 11) is 1.63. The lowest BCUT2D eigenvalue weighted by Crippen LogP contribution is -2.33. The van der Waals surface area contributed by atoms with E-state index in [1.807, 2.05) is 17.9 Å². The molecule has 1 aromatic rings.